The number of aryl methyl sites for hydroxylation is 1. The molecule has 0 aliphatic rings. The van der Waals surface area contributed by atoms with E-state index in [4.69, 9.17) is 0 Å². The van der Waals surface area contributed by atoms with Crippen molar-refractivity contribution >= 4 is 22.6 Å². The number of nitrogens with zero attached hydrogens (tertiary/aromatic N) is 3. The van der Waals surface area contributed by atoms with Crippen LogP contribution in [0.5, 0.6) is 0 Å². The molecule has 2 aromatic carbocycles. The zero-order valence-electron chi connectivity index (χ0n) is 16.1. The summed E-state index contributed by atoms with van der Waals surface area (Å²) >= 11 is 0. The van der Waals surface area contributed by atoms with Gasteiger partial charge in [0.1, 0.15) is 5.82 Å². The van der Waals surface area contributed by atoms with Gasteiger partial charge >= 0.3 is 6.03 Å². The van der Waals surface area contributed by atoms with Crippen molar-refractivity contribution in [3.05, 3.63) is 70.3 Å². The molecule has 0 aliphatic carbocycles. The number of rotatable bonds is 4. The number of hydrogen-bond donors (Lipinski definition) is 1. The summed E-state index contributed by atoms with van der Waals surface area (Å²) in [6.07, 6.45) is 0.635. The number of benzene rings is 2. The largest absolute Gasteiger partial charge is 0.322 e. The molecule has 0 fully saturated rings. The number of para-hydroxylation sites is 2. The van der Waals surface area contributed by atoms with Crippen LogP contribution in [0.3, 0.4) is 0 Å². The van der Waals surface area contributed by atoms with E-state index >= 15 is 0 Å². The molecule has 0 saturated carbocycles. The van der Waals surface area contributed by atoms with Gasteiger partial charge in [-0.05, 0) is 37.1 Å². The number of hydrogen-bond acceptors (Lipinski definition) is 3. The van der Waals surface area contributed by atoms with Crippen molar-refractivity contribution < 1.29 is 4.79 Å². The van der Waals surface area contributed by atoms with Crippen molar-refractivity contribution in [2.24, 2.45) is 7.05 Å². The molecule has 0 aliphatic heterocycles. The first kappa shape index (κ1) is 18.6. The van der Waals surface area contributed by atoms with Crippen LogP contribution in [-0.2, 0) is 7.05 Å². The highest BCUT2D eigenvalue weighted by Crippen LogP contribution is 2.23. The number of amides is 2. The Morgan fingerprint density at radius 3 is 2.56 bits per heavy atom. The van der Waals surface area contributed by atoms with Crippen LogP contribution >= 0.6 is 0 Å². The van der Waals surface area contributed by atoms with Crippen LogP contribution in [0.2, 0.25) is 0 Å². The maximum atomic E-state index is 12.8. The fraction of sp³-hybridized carbons (Fsp3) is 0.286. The van der Waals surface area contributed by atoms with Crippen LogP contribution in [0.25, 0.3) is 10.9 Å². The third kappa shape index (κ3) is 3.56. The normalized spacial score (nSPS) is 12.0. The summed E-state index contributed by atoms with van der Waals surface area (Å²) in [5.74, 6) is 0.573. The standard InChI is InChI=1S/C21H24N4O2/c1-5-18(24(3)21(27)23-16-12-8-6-10-14(16)2)19-22-17-13-9-7-11-15(17)20(26)25(19)4/h6-13,18H,5H2,1-4H3,(H,23,27). The molecular formula is C21H24N4O2. The molecule has 27 heavy (non-hydrogen) atoms. The third-order valence-electron chi connectivity index (χ3n) is 4.88. The molecule has 0 bridgehead atoms. The number of urea groups is 1. The molecule has 0 spiro atoms. The first-order chi connectivity index (χ1) is 12.9. The first-order valence-electron chi connectivity index (χ1n) is 8.99. The molecule has 1 aromatic heterocycles. The maximum absolute atomic E-state index is 12.8. The van der Waals surface area contributed by atoms with Crippen LogP contribution in [-0.4, -0.2) is 27.5 Å². The summed E-state index contributed by atoms with van der Waals surface area (Å²) in [4.78, 5) is 31.8. The molecule has 6 nitrogen and oxygen atoms in total. The average Bonchev–Trinajstić information content (AvgIpc) is 2.67. The lowest BCUT2D eigenvalue weighted by Gasteiger charge is -2.28. The van der Waals surface area contributed by atoms with E-state index < -0.39 is 0 Å². The minimum atomic E-state index is -0.323. The van der Waals surface area contributed by atoms with Gasteiger partial charge in [0.2, 0.25) is 0 Å². The third-order valence-corrected chi connectivity index (χ3v) is 4.88. The van der Waals surface area contributed by atoms with Crippen LogP contribution in [0, 0.1) is 6.92 Å². The molecule has 1 heterocycles. The Hall–Kier alpha value is -3.15. The second-order valence-corrected chi connectivity index (χ2v) is 6.63. The molecule has 2 amide bonds. The van der Waals surface area contributed by atoms with Gasteiger partial charge < -0.3 is 10.2 Å². The minimum absolute atomic E-state index is 0.109. The topological polar surface area (TPSA) is 67.2 Å². The number of anilines is 1. The highest BCUT2D eigenvalue weighted by atomic mass is 16.2. The Balaban J connectivity index is 1.96. The lowest BCUT2D eigenvalue weighted by molar-refractivity contribution is 0.198. The summed E-state index contributed by atoms with van der Waals surface area (Å²) in [7, 11) is 3.43. The Labute approximate surface area is 158 Å². The summed E-state index contributed by atoms with van der Waals surface area (Å²) < 4.78 is 1.54. The Morgan fingerprint density at radius 2 is 1.85 bits per heavy atom. The lowest BCUT2D eigenvalue weighted by atomic mass is 10.1. The van der Waals surface area contributed by atoms with Gasteiger partial charge in [-0.3, -0.25) is 9.36 Å². The molecule has 6 heteroatoms. The SMILES string of the molecule is CCC(c1nc2ccccc2c(=O)n1C)N(C)C(=O)Nc1ccccc1C. The predicted molar refractivity (Wildman–Crippen MR) is 108 cm³/mol. The van der Waals surface area contributed by atoms with Crippen molar-refractivity contribution in [2.75, 3.05) is 12.4 Å². The molecule has 1 N–H and O–H groups in total. The van der Waals surface area contributed by atoms with E-state index in [0.29, 0.717) is 23.1 Å². The molecule has 0 radical (unpaired) electrons. The van der Waals surface area contributed by atoms with Crippen molar-refractivity contribution in [3.63, 3.8) is 0 Å². The number of aromatic nitrogens is 2. The number of carbonyl (C=O) groups excluding carboxylic acids is 1. The van der Waals surface area contributed by atoms with Crippen LogP contribution in [0.4, 0.5) is 10.5 Å². The molecular weight excluding hydrogens is 340 g/mol. The molecule has 3 aromatic rings. The van der Waals surface area contributed by atoms with Crippen molar-refractivity contribution in [3.8, 4) is 0 Å². The van der Waals surface area contributed by atoms with Crippen molar-refractivity contribution in [1.29, 1.82) is 0 Å². The van der Waals surface area contributed by atoms with E-state index in [1.807, 2.05) is 56.3 Å². The quantitative estimate of drug-likeness (QED) is 0.764. The van der Waals surface area contributed by atoms with Gasteiger partial charge in [0.25, 0.3) is 5.56 Å². The van der Waals surface area contributed by atoms with Gasteiger partial charge in [-0.15, -0.1) is 0 Å². The summed E-state index contributed by atoms with van der Waals surface area (Å²) in [5, 5.41) is 3.51. The average molecular weight is 364 g/mol. The Morgan fingerprint density at radius 1 is 1.19 bits per heavy atom. The van der Waals surface area contributed by atoms with Gasteiger partial charge in [0.05, 0.1) is 16.9 Å². The second-order valence-electron chi connectivity index (χ2n) is 6.63. The lowest BCUT2D eigenvalue weighted by Crippen LogP contribution is -2.38. The van der Waals surface area contributed by atoms with Gasteiger partial charge in [0, 0.05) is 19.8 Å². The zero-order chi connectivity index (χ0) is 19.6. The fourth-order valence-corrected chi connectivity index (χ4v) is 3.22. The number of carbonyl (C=O) groups is 1. The summed E-state index contributed by atoms with van der Waals surface area (Å²) in [6.45, 7) is 3.92. The van der Waals surface area contributed by atoms with Gasteiger partial charge in [-0.25, -0.2) is 9.78 Å². The summed E-state index contributed by atoms with van der Waals surface area (Å²) in [6, 6.07) is 14.3. The molecule has 140 valence electrons. The Kier molecular flexibility index (Phi) is 5.26. The monoisotopic (exact) mass is 364 g/mol. The molecule has 0 saturated heterocycles. The molecule has 1 atom stereocenters. The number of fused-ring (bicyclic) bond motifs is 1. The highest BCUT2D eigenvalue weighted by Gasteiger charge is 2.25. The molecule has 1 unspecified atom stereocenters. The van der Waals surface area contributed by atoms with E-state index in [0.717, 1.165) is 11.3 Å². The van der Waals surface area contributed by atoms with Crippen molar-refractivity contribution in [2.45, 2.75) is 26.3 Å². The second kappa shape index (κ2) is 7.61. The smallest absolute Gasteiger partial charge is 0.317 e. The van der Waals surface area contributed by atoms with E-state index in [9.17, 15) is 9.59 Å². The van der Waals surface area contributed by atoms with Crippen LogP contribution in [0.15, 0.2) is 53.3 Å². The van der Waals surface area contributed by atoms with Gasteiger partial charge in [0.15, 0.2) is 0 Å². The van der Waals surface area contributed by atoms with E-state index in [1.165, 1.54) is 4.57 Å². The Bertz CT molecular complexity index is 1040. The maximum Gasteiger partial charge on any atom is 0.322 e. The van der Waals surface area contributed by atoms with E-state index in [1.54, 1.807) is 25.1 Å². The van der Waals surface area contributed by atoms with E-state index in [2.05, 4.69) is 10.3 Å². The summed E-state index contributed by atoms with van der Waals surface area (Å²) in [5.41, 5.74) is 2.29. The first-order valence-corrected chi connectivity index (χ1v) is 8.99. The zero-order valence-corrected chi connectivity index (χ0v) is 16.1. The van der Waals surface area contributed by atoms with Gasteiger partial charge in [-0.1, -0.05) is 37.3 Å². The minimum Gasteiger partial charge on any atom is -0.317 e. The van der Waals surface area contributed by atoms with E-state index in [-0.39, 0.29) is 17.6 Å². The highest BCUT2D eigenvalue weighted by molar-refractivity contribution is 5.90. The van der Waals surface area contributed by atoms with Gasteiger partial charge in [-0.2, -0.15) is 0 Å². The van der Waals surface area contributed by atoms with Crippen LogP contribution in [0.1, 0.15) is 30.8 Å². The van der Waals surface area contributed by atoms with Crippen molar-refractivity contribution in [1.82, 2.24) is 14.5 Å². The molecule has 3 rings (SSSR count). The predicted octanol–water partition coefficient (Wildman–Crippen LogP) is 3.86. The number of nitrogens with one attached hydrogen (secondary N) is 1. The van der Waals surface area contributed by atoms with Crippen LogP contribution < -0.4 is 10.9 Å². The fourth-order valence-electron chi connectivity index (χ4n) is 3.22.